The molecule has 1 atom stereocenters. The molecule has 1 aromatic carbocycles. The summed E-state index contributed by atoms with van der Waals surface area (Å²) >= 11 is 0. The Morgan fingerprint density at radius 2 is 1.74 bits per heavy atom. The highest BCUT2D eigenvalue weighted by atomic mass is 32.2. The molecule has 23 heavy (non-hydrogen) atoms. The van der Waals surface area contributed by atoms with Crippen LogP contribution in [-0.2, 0) is 10.0 Å². The van der Waals surface area contributed by atoms with Crippen molar-refractivity contribution in [3.63, 3.8) is 0 Å². The fourth-order valence-electron chi connectivity index (χ4n) is 3.69. The smallest absolute Gasteiger partial charge is 0.243 e. The van der Waals surface area contributed by atoms with Crippen LogP contribution in [-0.4, -0.2) is 62.9 Å². The number of hydrogen-bond donors (Lipinski definition) is 1. The van der Waals surface area contributed by atoms with Crippen molar-refractivity contribution in [1.29, 1.82) is 0 Å². The van der Waals surface area contributed by atoms with Gasteiger partial charge in [-0.05, 0) is 50.1 Å². The van der Waals surface area contributed by atoms with E-state index in [4.69, 9.17) is 0 Å². The van der Waals surface area contributed by atoms with Gasteiger partial charge >= 0.3 is 0 Å². The molecule has 2 fully saturated rings. The minimum absolute atomic E-state index is 0.259. The Bertz CT molecular complexity index is 656. The second-order valence-electron chi connectivity index (χ2n) is 6.46. The molecule has 1 N–H and O–H groups in total. The monoisotopic (exact) mass is 341 g/mol. The summed E-state index contributed by atoms with van der Waals surface area (Å²) in [7, 11) is -3.56. The van der Waals surface area contributed by atoms with Gasteiger partial charge < -0.3 is 5.32 Å². The Morgan fingerprint density at radius 1 is 1.13 bits per heavy atom. The Morgan fingerprint density at radius 3 is 2.26 bits per heavy atom. The molecule has 1 aromatic rings. The van der Waals surface area contributed by atoms with Gasteiger partial charge in [0.05, 0.1) is 4.90 Å². The highest BCUT2D eigenvalue weighted by Gasteiger charge is 2.33. The molecule has 3 rings (SSSR count). The van der Waals surface area contributed by atoms with Crippen LogP contribution in [0.5, 0.6) is 0 Å². The SMILES string of the molecule is Cc1cc(F)cc(C)c1S(=O)(=O)N1CCN(C2CCNC2)CC1. The number of nitrogens with zero attached hydrogens (tertiary/aromatic N) is 2. The predicted molar refractivity (Wildman–Crippen MR) is 87.5 cm³/mol. The zero-order valence-corrected chi connectivity index (χ0v) is 14.5. The third-order valence-corrected chi connectivity index (χ3v) is 7.05. The number of sulfonamides is 1. The first-order chi connectivity index (χ1) is 10.9. The topological polar surface area (TPSA) is 52.7 Å². The van der Waals surface area contributed by atoms with Crippen molar-refractivity contribution in [2.75, 3.05) is 39.3 Å². The van der Waals surface area contributed by atoms with Crippen LogP contribution in [0.1, 0.15) is 17.5 Å². The van der Waals surface area contributed by atoms with E-state index >= 15 is 0 Å². The zero-order valence-electron chi connectivity index (χ0n) is 13.7. The van der Waals surface area contributed by atoms with Crippen molar-refractivity contribution in [1.82, 2.24) is 14.5 Å². The van der Waals surface area contributed by atoms with Crippen molar-refractivity contribution < 1.29 is 12.8 Å². The van der Waals surface area contributed by atoms with Crippen LogP contribution in [0.3, 0.4) is 0 Å². The number of nitrogens with one attached hydrogen (secondary N) is 1. The summed E-state index contributed by atoms with van der Waals surface area (Å²) in [5.74, 6) is -0.391. The van der Waals surface area contributed by atoms with Gasteiger partial charge in [0.25, 0.3) is 0 Å². The minimum Gasteiger partial charge on any atom is -0.315 e. The lowest BCUT2D eigenvalue weighted by molar-refractivity contribution is 0.145. The number of rotatable bonds is 3. The fourth-order valence-corrected chi connectivity index (χ4v) is 5.53. The second kappa shape index (κ2) is 6.47. The molecule has 2 aliphatic rings. The van der Waals surface area contributed by atoms with E-state index in [2.05, 4.69) is 10.2 Å². The molecule has 0 amide bonds. The van der Waals surface area contributed by atoms with Crippen LogP contribution in [0, 0.1) is 19.7 Å². The van der Waals surface area contributed by atoms with Crippen LogP contribution in [0.2, 0.25) is 0 Å². The molecule has 5 nitrogen and oxygen atoms in total. The average molecular weight is 341 g/mol. The summed E-state index contributed by atoms with van der Waals surface area (Å²) in [6, 6.07) is 3.11. The van der Waals surface area contributed by atoms with Gasteiger partial charge in [-0.3, -0.25) is 4.90 Å². The molecule has 2 saturated heterocycles. The number of benzene rings is 1. The van der Waals surface area contributed by atoms with Crippen LogP contribution < -0.4 is 5.32 Å². The van der Waals surface area contributed by atoms with Crippen molar-refractivity contribution in [3.8, 4) is 0 Å². The van der Waals surface area contributed by atoms with E-state index < -0.39 is 15.8 Å². The van der Waals surface area contributed by atoms with E-state index in [1.54, 1.807) is 18.2 Å². The normalized spacial score (nSPS) is 24.2. The van der Waals surface area contributed by atoms with Gasteiger partial charge in [-0.15, -0.1) is 0 Å². The van der Waals surface area contributed by atoms with Gasteiger partial charge in [-0.2, -0.15) is 4.31 Å². The lowest BCUT2D eigenvalue weighted by Gasteiger charge is -2.37. The molecule has 0 bridgehead atoms. The molecule has 1 unspecified atom stereocenters. The van der Waals surface area contributed by atoms with Crippen LogP contribution in [0.4, 0.5) is 4.39 Å². The maximum Gasteiger partial charge on any atom is 0.243 e. The molecule has 0 spiro atoms. The van der Waals surface area contributed by atoms with E-state index in [1.165, 1.54) is 12.1 Å². The quantitative estimate of drug-likeness (QED) is 0.895. The van der Waals surface area contributed by atoms with Gasteiger partial charge in [0.1, 0.15) is 5.82 Å². The van der Waals surface area contributed by atoms with Crippen LogP contribution in [0.25, 0.3) is 0 Å². The predicted octanol–water partition coefficient (Wildman–Crippen LogP) is 1.11. The van der Waals surface area contributed by atoms with E-state index in [0.29, 0.717) is 30.3 Å². The van der Waals surface area contributed by atoms with Gasteiger partial charge in [-0.25, -0.2) is 12.8 Å². The largest absolute Gasteiger partial charge is 0.315 e. The minimum atomic E-state index is -3.56. The van der Waals surface area contributed by atoms with Gasteiger partial charge in [0, 0.05) is 38.8 Å². The molecule has 2 heterocycles. The molecular formula is C16H24FN3O2S. The summed E-state index contributed by atoms with van der Waals surface area (Å²) in [6.45, 7) is 7.84. The third-order valence-electron chi connectivity index (χ3n) is 4.85. The third kappa shape index (κ3) is 3.28. The zero-order chi connectivity index (χ0) is 16.6. The van der Waals surface area contributed by atoms with Crippen molar-refractivity contribution >= 4 is 10.0 Å². The van der Waals surface area contributed by atoms with Crippen molar-refractivity contribution in [2.45, 2.75) is 31.2 Å². The second-order valence-corrected chi connectivity index (χ2v) is 8.33. The molecule has 0 saturated carbocycles. The number of halogens is 1. The summed E-state index contributed by atoms with van der Waals surface area (Å²) in [5, 5.41) is 3.35. The lowest BCUT2D eigenvalue weighted by Crippen LogP contribution is -2.52. The highest BCUT2D eigenvalue weighted by molar-refractivity contribution is 7.89. The summed E-state index contributed by atoms with van der Waals surface area (Å²) in [5.41, 5.74) is 0.954. The molecular weight excluding hydrogens is 317 g/mol. The number of piperazine rings is 1. The maximum atomic E-state index is 13.4. The van der Waals surface area contributed by atoms with Gasteiger partial charge in [0.15, 0.2) is 0 Å². The van der Waals surface area contributed by atoms with Gasteiger partial charge in [-0.1, -0.05) is 0 Å². The first-order valence-electron chi connectivity index (χ1n) is 8.11. The number of aryl methyl sites for hydroxylation is 2. The highest BCUT2D eigenvalue weighted by Crippen LogP contribution is 2.26. The van der Waals surface area contributed by atoms with Crippen molar-refractivity contribution in [2.24, 2.45) is 0 Å². The summed E-state index contributed by atoms with van der Waals surface area (Å²) < 4.78 is 40.9. The molecule has 7 heteroatoms. The molecule has 0 radical (unpaired) electrons. The molecule has 2 aliphatic heterocycles. The standard InChI is InChI=1S/C16H24FN3O2S/c1-12-9-14(17)10-13(2)16(12)23(21,22)20-7-5-19(6-8-20)15-3-4-18-11-15/h9-10,15,18H,3-8,11H2,1-2H3. The molecule has 0 aromatic heterocycles. The first-order valence-corrected chi connectivity index (χ1v) is 9.55. The fraction of sp³-hybridized carbons (Fsp3) is 0.625. The Hall–Kier alpha value is -1.02. The lowest BCUT2D eigenvalue weighted by atomic mass is 10.1. The first kappa shape index (κ1) is 16.8. The molecule has 128 valence electrons. The average Bonchev–Trinajstić information content (AvgIpc) is 3.00. The van der Waals surface area contributed by atoms with E-state index in [-0.39, 0.29) is 4.90 Å². The Labute approximate surface area is 137 Å². The van der Waals surface area contributed by atoms with Gasteiger partial charge in [0.2, 0.25) is 10.0 Å². The van der Waals surface area contributed by atoms with Crippen LogP contribution in [0.15, 0.2) is 17.0 Å². The maximum absolute atomic E-state index is 13.4. The Balaban J connectivity index is 1.77. The van der Waals surface area contributed by atoms with Crippen LogP contribution >= 0.6 is 0 Å². The van der Waals surface area contributed by atoms with E-state index in [0.717, 1.165) is 32.6 Å². The van der Waals surface area contributed by atoms with E-state index in [9.17, 15) is 12.8 Å². The summed E-state index contributed by atoms with van der Waals surface area (Å²) in [6.07, 6.45) is 1.13. The number of hydrogen-bond acceptors (Lipinski definition) is 4. The summed E-state index contributed by atoms with van der Waals surface area (Å²) in [4.78, 5) is 2.63. The Kier molecular flexibility index (Phi) is 4.73. The van der Waals surface area contributed by atoms with Crippen molar-refractivity contribution in [3.05, 3.63) is 29.1 Å². The van der Waals surface area contributed by atoms with E-state index in [1.807, 2.05) is 0 Å². The molecule has 0 aliphatic carbocycles.